The van der Waals surface area contributed by atoms with Crippen LogP contribution in [0.2, 0.25) is 0 Å². The summed E-state index contributed by atoms with van der Waals surface area (Å²) >= 11 is 0. The number of aliphatic hydroxyl groups excluding tert-OH is 1. The van der Waals surface area contributed by atoms with Crippen molar-refractivity contribution in [2.45, 2.75) is 26.4 Å². The number of aliphatic hydroxyl groups is 1. The average Bonchev–Trinajstić information content (AvgIpc) is 2.41. The Bertz CT molecular complexity index is 596. The number of piperidine rings is 1. The van der Waals surface area contributed by atoms with E-state index in [4.69, 9.17) is 0 Å². The maximum absolute atomic E-state index is 9.87. The number of aryl methyl sites for hydroxylation is 1. The van der Waals surface area contributed by atoms with Crippen LogP contribution in [0, 0.1) is 12.8 Å². The Balaban J connectivity index is 2.05. The quantitative estimate of drug-likeness (QED) is 0.852. The van der Waals surface area contributed by atoms with Crippen LogP contribution in [0.15, 0.2) is 30.3 Å². The molecule has 1 N–H and O–H groups in total. The third kappa shape index (κ3) is 2.30. The van der Waals surface area contributed by atoms with Crippen LogP contribution in [0.25, 0.3) is 10.9 Å². The number of hydrogen-bond acceptors (Lipinski definition) is 3. The van der Waals surface area contributed by atoms with Gasteiger partial charge in [0, 0.05) is 29.9 Å². The van der Waals surface area contributed by atoms with E-state index in [1.807, 2.05) is 13.0 Å². The summed E-state index contributed by atoms with van der Waals surface area (Å²) in [4.78, 5) is 6.97. The van der Waals surface area contributed by atoms with Gasteiger partial charge in [0.25, 0.3) is 0 Å². The van der Waals surface area contributed by atoms with Gasteiger partial charge in [-0.3, -0.25) is 4.98 Å². The van der Waals surface area contributed by atoms with Crippen molar-refractivity contribution in [3.63, 3.8) is 0 Å². The number of nitrogens with zero attached hydrogens (tertiary/aromatic N) is 2. The van der Waals surface area contributed by atoms with E-state index in [1.165, 1.54) is 11.1 Å². The van der Waals surface area contributed by atoms with Crippen molar-refractivity contribution in [3.8, 4) is 0 Å². The van der Waals surface area contributed by atoms with Gasteiger partial charge in [0.2, 0.25) is 0 Å². The van der Waals surface area contributed by atoms with Crippen molar-refractivity contribution in [1.82, 2.24) is 4.98 Å². The zero-order valence-electron chi connectivity index (χ0n) is 11.5. The Morgan fingerprint density at radius 1 is 1.32 bits per heavy atom. The summed E-state index contributed by atoms with van der Waals surface area (Å²) in [6.45, 7) is 5.98. The first-order chi connectivity index (χ1) is 9.15. The van der Waals surface area contributed by atoms with Crippen LogP contribution in [0.1, 0.15) is 19.0 Å². The number of pyridine rings is 1. The van der Waals surface area contributed by atoms with Crippen LogP contribution in [-0.4, -0.2) is 29.3 Å². The Morgan fingerprint density at radius 2 is 2.11 bits per heavy atom. The minimum absolute atomic E-state index is 0.162. The molecule has 1 aliphatic heterocycles. The fourth-order valence-corrected chi connectivity index (χ4v) is 2.90. The number of hydrogen-bond donors (Lipinski definition) is 1. The smallest absolute Gasteiger partial charge is 0.0726 e. The van der Waals surface area contributed by atoms with Crippen molar-refractivity contribution in [1.29, 1.82) is 0 Å². The van der Waals surface area contributed by atoms with E-state index in [-0.39, 0.29) is 6.10 Å². The average molecular weight is 256 g/mol. The molecule has 1 aromatic carbocycles. The highest BCUT2D eigenvalue weighted by Gasteiger charge is 2.25. The minimum Gasteiger partial charge on any atom is -0.393 e. The maximum Gasteiger partial charge on any atom is 0.0726 e. The molecule has 3 rings (SSSR count). The lowest BCUT2D eigenvalue weighted by molar-refractivity contribution is 0.0971. The molecule has 1 aromatic heterocycles. The molecule has 100 valence electrons. The van der Waals surface area contributed by atoms with Crippen LogP contribution in [0.3, 0.4) is 0 Å². The number of aromatic nitrogens is 1. The Morgan fingerprint density at radius 3 is 2.89 bits per heavy atom. The molecule has 2 aromatic rings. The second-order valence-electron chi connectivity index (χ2n) is 5.58. The molecular weight excluding hydrogens is 236 g/mol. The van der Waals surface area contributed by atoms with Gasteiger partial charge in [0.1, 0.15) is 0 Å². The van der Waals surface area contributed by atoms with E-state index >= 15 is 0 Å². The number of fused-ring (bicyclic) bond motifs is 1. The van der Waals surface area contributed by atoms with E-state index in [1.54, 1.807) is 0 Å². The predicted molar refractivity (Wildman–Crippen MR) is 78.5 cm³/mol. The molecule has 3 heteroatoms. The molecule has 0 spiro atoms. The number of rotatable bonds is 1. The summed E-state index contributed by atoms with van der Waals surface area (Å²) < 4.78 is 0. The van der Waals surface area contributed by atoms with Gasteiger partial charge in [-0.25, -0.2) is 0 Å². The van der Waals surface area contributed by atoms with Gasteiger partial charge in [-0.05, 0) is 31.4 Å². The maximum atomic E-state index is 9.87. The molecular formula is C16H20N2O. The van der Waals surface area contributed by atoms with Crippen LogP contribution in [0.5, 0.6) is 0 Å². The summed E-state index contributed by atoms with van der Waals surface area (Å²) in [5.74, 6) is 0.320. The fourth-order valence-electron chi connectivity index (χ4n) is 2.90. The zero-order valence-corrected chi connectivity index (χ0v) is 11.5. The largest absolute Gasteiger partial charge is 0.393 e. The second-order valence-corrected chi connectivity index (χ2v) is 5.58. The lowest BCUT2D eigenvalue weighted by Crippen LogP contribution is -2.42. The molecule has 19 heavy (non-hydrogen) atoms. The Kier molecular flexibility index (Phi) is 3.15. The monoisotopic (exact) mass is 256 g/mol. The lowest BCUT2D eigenvalue weighted by Gasteiger charge is -2.36. The van der Waals surface area contributed by atoms with E-state index in [0.717, 1.165) is 30.7 Å². The Hall–Kier alpha value is -1.61. The highest BCUT2D eigenvalue weighted by atomic mass is 16.3. The Labute approximate surface area is 113 Å². The van der Waals surface area contributed by atoms with Gasteiger partial charge in [-0.1, -0.05) is 25.1 Å². The predicted octanol–water partition coefficient (Wildman–Crippen LogP) is 2.75. The van der Waals surface area contributed by atoms with Crippen molar-refractivity contribution < 1.29 is 5.11 Å². The van der Waals surface area contributed by atoms with Gasteiger partial charge in [0.05, 0.1) is 11.6 Å². The van der Waals surface area contributed by atoms with Gasteiger partial charge < -0.3 is 10.0 Å². The highest BCUT2D eigenvalue weighted by Crippen LogP contribution is 2.30. The molecule has 0 amide bonds. The van der Waals surface area contributed by atoms with Gasteiger partial charge >= 0.3 is 0 Å². The molecule has 2 atom stereocenters. The standard InChI is InChI=1S/C16H20N2O/c1-11-10-18(8-7-16(11)19)15-9-12(2)17-14-6-4-3-5-13(14)15/h3-6,9,11,16,19H,7-8,10H2,1-2H3. The van der Waals surface area contributed by atoms with Crippen molar-refractivity contribution >= 4 is 16.6 Å². The SMILES string of the molecule is Cc1cc(N2CCC(O)C(C)C2)c2ccccc2n1. The van der Waals surface area contributed by atoms with Gasteiger partial charge in [-0.15, -0.1) is 0 Å². The third-order valence-electron chi connectivity index (χ3n) is 4.02. The van der Waals surface area contributed by atoms with Crippen molar-refractivity contribution in [3.05, 3.63) is 36.0 Å². The van der Waals surface area contributed by atoms with E-state index in [9.17, 15) is 5.11 Å². The molecule has 0 aliphatic carbocycles. The molecule has 3 nitrogen and oxygen atoms in total. The molecule has 0 bridgehead atoms. The van der Waals surface area contributed by atoms with Crippen molar-refractivity contribution in [2.75, 3.05) is 18.0 Å². The van der Waals surface area contributed by atoms with E-state index < -0.39 is 0 Å². The first-order valence-electron chi connectivity index (χ1n) is 6.94. The van der Waals surface area contributed by atoms with Crippen LogP contribution in [-0.2, 0) is 0 Å². The number of benzene rings is 1. The van der Waals surface area contributed by atoms with Crippen LogP contribution in [0.4, 0.5) is 5.69 Å². The van der Waals surface area contributed by atoms with Crippen LogP contribution >= 0.6 is 0 Å². The highest BCUT2D eigenvalue weighted by molar-refractivity contribution is 5.92. The molecule has 2 heterocycles. The molecule has 1 fully saturated rings. The molecule has 0 radical (unpaired) electrons. The number of anilines is 1. The summed E-state index contributed by atoms with van der Waals surface area (Å²) in [6, 6.07) is 10.4. The molecule has 1 saturated heterocycles. The van der Waals surface area contributed by atoms with Crippen molar-refractivity contribution in [2.24, 2.45) is 5.92 Å². The third-order valence-corrected chi connectivity index (χ3v) is 4.02. The van der Waals surface area contributed by atoms with Gasteiger partial charge in [-0.2, -0.15) is 0 Å². The van der Waals surface area contributed by atoms with Gasteiger partial charge in [0.15, 0.2) is 0 Å². The number of para-hydroxylation sites is 1. The summed E-state index contributed by atoms with van der Waals surface area (Å²) in [6.07, 6.45) is 0.682. The summed E-state index contributed by atoms with van der Waals surface area (Å²) in [5.41, 5.74) is 3.35. The normalized spacial score (nSPS) is 23.8. The molecule has 1 aliphatic rings. The summed E-state index contributed by atoms with van der Waals surface area (Å²) in [7, 11) is 0. The molecule has 0 saturated carbocycles. The first kappa shape index (κ1) is 12.4. The zero-order chi connectivity index (χ0) is 13.4. The van der Waals surface area contributed by atoms with E-state index in [2.05, 4.69) is 41.1 Å². The topological polar surface area (TPSA) is 36.4 Å². The van der Waals surface area contributed by atoms with E-state index in [0.29, 0.717) is 5.92 Å². The second kappa shape index (κ2) is 4.82. The molecule has 2 unspecified atom stereocenters. The lowest BCUT2D eigenvalue weighted by atomic mass is 9.96. The van der Waals surface area contributed by atoms with Crippen LogP contribution < -0.4 is 4.90 Å². The fraction of sp³-hybridized carbons (Fsp3) is 0.438. The summed E-state index contributed by atoms with van der Waals surface area (Å²) in [5, 5.41) is 11.1. The minimum atomic E-state index is -0.162. The first-order valence-corrected chi connectivity index (χ1v) is 6.94.